The van der Waals surface area contributed by atoms with Crippen LogP contribution < -0.4 is 9.64 Å². The molecule has 1 aliphatic heterocycles. The van der Waals surface area contributed by atoms with Gasteiger partial charge in [0.2, 0.25) is 0 Å². The second-order valence-electron chi connectivity index (χ2n) is 12.7. The first-order valence-corrected chi connectivity index (χ1v) is 17.3. The quantitative estimate of drug-likeness (QED) is 0.157. The van der Waals surface area contributed by atoms with Crippen molar-refractivity contribution in [1.29, 1.82) is 0 Å². The molecule has 9 nitrogen and oxygen atoms in total. The van der Waals surface area contributed by atoms with E-state index in [0.29, 0.717) is 66.3 Å². The van der Waals surface area contributed by atoms with Crippen molar-refractivity contribution in [3.63, 3.8) is 0 Å². The second-order valence-corrected chi connectivity index (χ2v) is 13.5. The number of hydrogen-bond donors (Lipinski definition) is 1. The smallest absolute Gasteiger partial charge is 0.335 e. The van der Waals surface area contributed by atoms with Gasteiger partial charge in [0.05, 0.1) is 33.9 Å². The third-order valence-electron chi connectivity index (χ3n) is 9.47. The number of carbonyl (C=O) groups excluding carboxylic acids is 1. The predicted octanol–water partition coefficient (Wildman–Crippen LogP) is 8.95. The Hall–Kier alpha value is -4.99. The fraction of sp³-hybridized carbons (Fsp3) is 0.256. The van der Waals surface area contributed by atoms with Crippen molar-refractivity contribution in [3.8, 4) is 16.9 Å². The highest BCUT2D eigenvalue weighted by atomic mass is 35.5. The van der Waals surface area contributed by atoms with E-state index >= 15 is 0 Å². The summed E-state index contributed by atoms with van der Waals surface area (Å²) < 4.78 is 8.30. The van der Waals surface area contributed by atoms with Crippen LogP contribution in [-0.4, -0.2) is 49.7 Å². The predicted molar refractivity (Wildman–Crippen MR) is 197 cm³/mol. The van der Waals surface area contributed by atoms with E-state index in [4.69, 9.17) is 27.9 Å². The summed E-state index contributed by atoms with van der Waals surface area (Å²) in [5.74, 6) is -0.467. The summed E-state index contributed by atoms with van der Waals surface area (Å²) in [4.78, 5) is 42.1. The number of carboxylic acid groups (broad SMARTS) is 1. The lowest BCUT2D eigenvalue weighted by Gasteiger charge is -2.23. The number of amides is 1. The van der Waals surface area contributed by atoms with Gasteiger partial charge in [-0.05, 0) is 106 Å². The monoisotopic (exact) mass is 707 g/mol. The van der Waals surface area contributed by atoms with Crippen molar-refractivity contribution in [1.82, 2.24) is 19.5 Å². The van der Waals surface area contributed by atoms with Gasteiger partial charge >= 0.3 is 5.97 Å². The lowest BCUT2D eigenvalue weighted by Crippen LogP contribution is -2.32. The molecule has 254 valence electrons. The zero-order valence-corrected chi connectivity index (χ0v) is 29.7. The molecule has 7 rings (SSSR count). The maximum absolute atomic E-state index is 15.0. The lowest BCUT2D eigenvalue weighted by atomic mass is 9.97. The van der Waals surface area contributed by atoms with Crippen LogP contribution >= 0.6 is 23.2 Å². The summed E-state index contributed by atoms with van der Waals surface area (Å²) >= 11 is 13.4. The average molecular weight is 709 g/mol. The van der Waals surface area contributed by atoms with Gasteiger partial charge in [0.15, 0.2) is 0 Å². The number of anilines is 1. The molecule has 0 spiro atoms. The summed E-state index contributed by atoms with van der Waals surface area (Å²) in [7, 11) is 0. The minimum absolute atomic E-state index is 0.130. The van der Waals surface area contributed by atoms with Gasteiger partial charge in [-0.2, -0.15) is 0 Å². The van der Waals surface area contributed by atoms with Crippen molar-refractivity contribution in [2.24, 2.45) is 0 Å². The SMILES string of the molecule is Cc1cc(OCCCc2c3n(c4c(-c5c(C)ncnc5C)c(Cl)ccc24)CCCN(c2ccnc4ccc(C(=O)O)cc24)C3=O)cc(C)c1Cl. The molecule has 0 atom stereocenters. The highest BCUT2D eigenvalue weighted by Gasteiger charge is 2.33. The molecular weight excluding hydrogens is 673 g/mol. The van der Waals surface area contributed by atoms with Crippen LogP contribution in [0.3, 0.4) is 0 Å². The fourth-order valence-corrected chi connectivity index (χ4v) is 7.54. The molecule has 0 saturated heterocycles. The number of aromatic nitrogens is 4. The molecule has 0 unspecified atom stereocenters. The molecular formula is C39H35Cl2N5O4. The van der Waals surface area contributed by atoms with E-state index in [1.807, 2.05) is 52.0 Å². The van der Waals surface area contributed by atoms with Crippen LogP contribution in [0.2, 0.25) is 10.0 Å². The maximum atomic E-state index is 15.0. The number of pyridine rings is 1. The first-order valence-electron chi connectivity index (χ1n) is 16.5. The Kier molecular flexibility index (Phi) is 8.96. The van der Waals surface area contributed by atoms with Crippen LogP contribution in [0.25, 0.3) is 32.9 Å². The zero-order valence-electron chi connectivity index (χ0n) is 28.2. The number of benzene rings is 3. The topological polar surface area (TPSA) is 110 Å². The number of carboxylic acids is 1. The van der Waals surface area contributed by atoms with Gasteiger partial charge in [0, 0.05) is 57.6 Å². The number of rotatable bonds is 8. The van der Waals surface area contributed by atoms with E-state index in [-0.39, 0.29) is 11.5 Å². The van der Waals surface area contributed by atoms with Crippen LogP contribution in [0.1, 0.15) is 61.8 Å². The summed E-state index contributed by atoms with van der Waals surface area (Å²) in [6, 6.07) is 14.3. The number of fused-ring (bicyclic) bond motifs is 4. The molecule has 3 aromatic heterocycles. The van der Waals surface area contributed by atoms with Gasteiger partial charge in [-0.15, -0.1) is 0 Å². The number of aromatic carboxylic acids is 1. The van der Waals surface area contributed by atoms with Crippen LogP contribution in [-0.2, 0) is 13.0 Å². The molecule has 50 heavy (non-hydrogen) atoms. The van der Waals surface area contributed by atoms with Gasteiger partial charge in [-0.3, -0.25) is 9.78 Å². The number of aryl methyl sites for hydroxylation is 6. The number of halogens is 2. The van der Waals surface area contributed by atoms with Crippen molar-refractivity contribution < 1.29 is 19.4 Å². The van der Waals surface area contributed by atoms with E-state index in [0.717, 1.165) is 60.9 Å². The van der Waals surface area contributed by atoms with Gasteiger partial charge in [-0.25, -0.2) is 14.8 Å². The van der Waals surface area contributed by atoms with E-state index in [9.17, 15) is 14.7 Å². The molecule has 0 aliphatic carbocycles. The minimum atomic E-state index is -1.04. The third kappa shape index (κ3) is 5.84. The Morgan fingerprint density at radius 2 is 1.64 bits per heavy atom. The number of nitrogens with zero attached hydrogens (tertiary/aromatic N) is 5. The van der Waals surface area contributed by atoms with Gasteiger partial charge in [-0.1, -0.05) is 29.3 Å². The molecule has 0 bridgehead atoms. The van der Waals surface area contributed by atoms with E-state index in [2.05, 4.69) is 19.5 Å². The molecule has 1 aliphatic rings. The van der Waals surface area contributed by atoms with Crippen LogP contribution in [0.4, 0.5) is 5.69 Å². The Labute approximate surface area is 299 Å². The first-order chi connectivity index (χ1) is 24.0. The molecule has 1 N–H and O–H groups in total. The minimum Gasteiger partial charge on any atom is -0.494 e. The summed E-state index contributed by atoms with van der Waals surface area (Å²) in [5.41, 5.74) is 8.86. The molecule has 4 heterocycles. The van der Waals surface area contributed by atoms with Crippen molar-refractivity contribution in [2.45, 2.75) is 53.5 Å². The Balaban J connectivity index is 1.37. The normalized spacial score (nSPS) is 13.2. The Morgan fingerprint density at radius 3 is 2.36 bits per heavy atom. The van der Waals surface area contributed by atoms with Crippen LogP contribution in [0.15, 0.2) is 61.1 Å². The number of ether oxygens (including phenoxy) is 1. The molecule has 3 aromatic carbocycles. The van der Waals surface area contributed by atoms with Gasteiger partial charge in [0.1, 0.15) is 17.8 Å². The standard InChI is InChI=1S/C39H35Cl2N5O4/c1-21-17-26(18-22(2)35(21)41)50-16-5-7-27-28-9-10-30(40)34(33-23(3)43-20-44-24(33)4)36(28)46-15-6-14-45(38(47)37(27)46)32-12-13-42-31-11-8-25(39(48)49)19-29(31)32/h8-13,17-20H,5-7,14-16H2,1-4H3,(H,48,49). The fourth-order valence-electron chi connectivity index (χ4n) is 7.18. The van der Waals surface area contributed by atoms with Crippen LogP contribution in [0, 0.1) is 27.7 Å². The maximum Gasteiger partial charge on any atom is 0.335 e. The van der Waals surface area contributed by atoms with Crippen LogP contribution in [0.5, 0.6) is 5.75 Å². The van der Waals surface area contributed by atoms with Gasteiger partial charge in [0.25, 0.3) is 5.91 Å². The molecule has 0 saturated carbocycles. The molecule has 6 aromatic rings. The van der Waals surface area contributed by atoms with Gasteiger partial charge < -0.3 is 19.3 Å². The van der Waals surface area contributed by atoms with Crippen molar-refractivity contribution in [3.05, 3.63) is 110 Å². The number of carbonyl (C=O) groups is 2. The highest BCUT2D eigenvalue weighted by Crippen LogP contribution is 2.43. The molecule has 11 heteroatoms. The largest absolute Gasteiger partial charge is 0.494 e. The van der Waals surface area contributed by atoms with Crippen molar-refractivity contribution in [2.75, 3.05) is 18.1 Å². The number of hydrogen-bond acceptors (Lipinski definition) is 6. The summed E-state index contributed by atoms with van der Waals surface area (Å²) in [5, 5.41) is 12.6. The van der Waals surface area contributed by atoms with E-state index in [1.54, 1.807) is 35.6 Å². The van der Waals surface area contributed by atoms with E-state index < -0.39 is 5.97 Å². The van der Waals surface area contributed by atoms with Crippen molar-refractivity contribution >= 4 is 62.6 Å². The first kappa shape index (κ1) is 33.5. The Morgan fingerprint density at radius 1 is 0.900 bits per heavy atom. The summed E-state index contributed by atoms with van der Waals surface area (Å²) in [6.45, 7) is 9.23. The average Bonchev–Trinajstić information content (AvgIpc) is 3.29. The van der Waals surface area contributed by atoms with E-state index in [1.165, 1.54) is 6.07 Å². The summed E-state index contributed by atoms with van der Waals surface area (Å²) in [6.07, 6.45) is 5.06. The lowest BCUT2D eigenvalue weighted by molar-refractivity contribution is 0.0697. The second kappa shape index (κ2) is 13.4. The Bertz CT molecular complexity index is 2310. The third-order valence-corrected chi connectivity index (χ3v) is 10.4. The molecule has 0 fully saturated rings. The molecule has 0 radical (unpaired) electrons. The zero-order chi connectivity index (χ0) is 35.3. The highest BCUT2D eigenvalue weighted by molar-refractivity contribution is 6.35. The molecule has 1 amide bonds.